The van der Waals surface area contributed by atoms with Crippen molar-refractivity contribution in [2.75, 3.05) is 6.61 Å². The van der Waals surface area contributed by atoms with Crippen molar-refractivity contribution in [1.29, 1.82) is 0 Å². The largest absolute Gasteiger partial charge is 0.347 e. The van der Waals surface area contributed by atoms with E-state index in [0.29, 0.717) is 6.61 Å². The Morgan fingerprint density at radius 1 is 1.31 bits per heavy atom. The molecule has 1 saturated carbocycles. The fraction of sp³-hybridized carbons (Fsp3) is 0.818. The van der Waals surface area contributed by atoms with Gasteiger partial charge in [0.25, 0.3) is 0 Å². The maximum atomic E-state index is 6.05. The third kappa shape index (κ3) is 1.97. The third-order valence-electron chi connectivity index (χ3n) is 3.39. The molecule has 2 fully saturated rings. The van der Waals surface area contributed by atoms with Gasteiger partial charge in [0.2, 0.25) is 0 Å². The molecule has 3 rings (SSSR count). The first-order valence-corrected chi connectivity index (χ1v) is 6.01. The molecule has 16 heavy (non-hydrogen) atoms. The van der Waals surface area contributed by atoms with E-state index in [2.05, 4.69) is 10.1 Å². The van der Waals surface area contributed by atoms with Crippen LogP contribution in [0.15, 0.2) is 12.7 Å². The van der Waals surface area contributed by atoms with Crippen molar-refractivity contribution in [3.63, 3.8) is 0 Å². The van der Waals surface area contributed by atoms with Crippen molar-refractivity contribution in [1.82, 2.24) is 14.8 Å². The molecule has 5 heteroatoms. The van der Waals surface area contributed by atoms with E-state index in [1.165, 1.54) is 19.3 Å². The standard InChI is InChI=1S/C11H17N3O2/c1-2-4-11(5-3-1)15-7-10(16-11)6-14-9-12-8-13-14/h8-10H,1-7H2/t10-/m1/s1. The minimum Gasteiger partial charge on any atom is -0.347 e. The first kappa shape index (κ1) is 10.2. The normalized spacial score (nSPS) is 28.6. The number of hydrogen-bond acceptors (Lipinski definition) is 4. The number of nitrogens with zero attached hydrogens (tertiary/aromatic N) is 3. The lowest BCUT2D eigenvalue weighted by molar-refractivity contribution is -0.188. The highest BCUT2D eigenvalue weighted by molar-refractivity contribution is 4.82. The smallest absolute Gasteiger partial charge is 0.168 e. The Labute approximate surface area is 94.8 Å². The minimum atomic E-state index is -0.274. The van der Waals surface area contributed by atoms with Gasteiger partial charge in [0.1, 0.15) is 18.8 Å². The van der Waals surface area contributed by atoms with Crippen LogP contribution < -0.4 is 0 Å². The van der Waals surface area contributed by atoms with Crippen LogP contribution >= 0.6 is 0 Å². The summed E-state index contributed by atoms with van der Waals surface area (Å²) in [5.74, 6) is -0.274. The number of aromatic nitrogens is 3. The van der Waals surface area contributed by atoms with Gasteiger partial charge in [0.05, 0.1) is 13.2 Å². The van der Waals surface area contributed by atoms with Crippen LogP contribution in [0, 0.1) is 0 Å². The fourth-order valence-corrected chi connectivity index (χ4v) is 2.59. The molecule has 0 unspecified atom stereocenters. The molecule has 1 aliphatic carbocycles. The lowest BCUT2D eigenvalue weighted by Crippen LogP contribution is -2.33. The number of rotatable bonds is 2. The first-order valence-electron chi connectivity index (χ1n) is 6.01. The zero-order valence-electron chi connectivity index (χ0n) is 9.34. The summed E-state index contributed by atoms with van der Waals surface area (Å²) in [6.07, 6.45) is 9.22. The van der Waals surface area contributed by atoms with Crippen LogP contribution in [0.2, 0.25) is 0 Å². The van der Waals surface area contributed by atoms with E-state index >= 15 is 0 Å². The molecule has 88 valence electrons. The molecule has 1 aromatic rings. The van der Waals surface area contributed by atoms with E-state index < -0.39 is 0 Å². The molecule has 5 nitrogen and oxygen atoms in total. The maximum absolute atomic E-state index is 6.05. The Kier molecular flexibility index (Phi) is 2.65. The summed E-state index contributed by atoms with van der Waals surface area (Å²) in [5.41, 5.74) is 0. The van der Waals surface area contributed by atoms with Crippen molar-refractivity contribution >= 4 is 0 Å². The second-order valence-electron chi connectivity index (χ2n) is 4.64. The second-order valence-corrected chi connectivity index (χ2v) is 4.64. The van der Waals surface area contributed by atoms with E-state index in [4.69, 9.17) is 9.47 Å². The van der Waals surface area contributed by atoms with Crippen LogP contribution in [-0.4, -0.2) is 33.3 Å². The zero-order chi connectivity index (χ0) is 10.8. The van der Waals surface area contributed by atoms with Gasteiger partial charge >= 0.3 is 0 Å². The summed E-state index contributed by atoms with van der Waals surface area (Å²) in [6.45, 7) is 1.42. The third-order valence-corrected chi connectivity index (χ3v) is 3.39. The highest BCUT2D eigenvalue weighted by atomic mass is 16.7. The Hall–Kier alpha value is -0.940. The zero-order valence-corrected chi connectivity index (χ0v) is 9.34. The Morgan fingerprint density at radius 2 is 2.19 bits per heavy atom. The Bertz CT molecular complexity index is 333. The number of hydrogen-bond donors (Lipinski definition) is 0. The molecule has 0 bridgehead atoms. The van der Waals surface area contributed by atoms with Gasteiger partial charge in [-0.25, -0.2) is 4.98 Å². The van der Waals surface area contributed by atoms with Crippen LogP contribution in [0.3, 0.4) is 0 Å². The highest BCUT2D eigenvalue weighted by Gasteiger charge is 2.42. The molecule has 1 saturated heterocycles. The minimum absolute atomic E-state index is 0.125. The summed E-state index contributed by atoms with van der Waals surface area (Å²) < 4.78 is 13.7. The molecule has 0 N–H and O–H groups in total. The predicted octanol–water partition coefficient (Wildman–Crippen LogP) is 1.35. The fourth-order valence-electron chi connectivity index (χ4n) is 2.59. The first-order chi connectivity index (χ1) is 7.86. The van der Waals surface area contributed by atoms with E-state index in [1.54, 1.807) is 17.3 Å². The molecular weight excluding hydrogens is 206 g/mol. The van der Waals surface area contributed by atoms with Gasteiger partial charge in [-0.05, 0) is 12.8 Å². The van der Waals surface area contributed by atoms with Crippen molar-refractivity contribution < 1.29 is 9.47 Å². The van der Waals surface area contributed by atoms with Crippen molar-refractivity contribution in [2.45, 2.75) is 50.5 Å². The summed E-state index contributed by atoms with van der Waals surface area (Å²) >= 11 is 0. The van der Waals surface area contributed by atoms with Crippen LogP contribution in [-0.2, 0) is 16.0 Å². The van der Waals surface area contributed by atoms with Crippen molar-refractivity contribution in [2.24, 2.45) is 0 Å². The molecule has 1 aromatic heterocycles. The Morgan fingerprint density at radius 3 is 2.94 bits per heavy atom. The topological polar surface area (TPSA) is 49.2 Å². The summed E-state index contributed by atoms with van der Waals surface area (Å²) in [5, 5.41) is 4.08. The molecule has 0 radical (unpaired) electrons. The number of ether oxygens (including phenoxy) is 2. The predicted molar refractivity (Wildman–Crippen MR) is 56.7 cm³/mol. The summed E-state index contributed by atoms with van der Waals surface area (Å²) in [6, 6.07) is 0. The van der Waals surface area contributed by atoms with E-state index in [1.807, 2.05) is 0 Å². The molecular formula is C11H17N3O2. The van der Waals surface area contributed by atoms with Gasteiger partial charge in [-0.1, -0.05) is 6.42 Å². The Balaban J connectivity index is 1.60. The van der Waals surface area contributed by atoms with Gasteiger partial charge in [-0.3, -0.25) is 4.68 Å². The van der Waals surface area contributed by atoms with Gasteiger partial charge < -0.3 is 9.47 Å². The molecule has 1 atom stereocenters. The van der Waals surface area contributed by atoms with Crippen LogP contribution in [0.1, 0.15) is 32.1 Å². The van der Waals surface area contributed by atoms with Crippen molar-refractivity contribution in [3.8, 4) is 0 Å². The average molecular weight is 223 g/mol. The molecule has 2 heterocycles. The molecule has 1 spiro atoms. The lowest BCUT2D eigenvalue weighted by Gasteiger charge is -2.31. The highest BCUT2D eigenvalue weighted by Crippen LogP contribution is 2.37. The molecule has 0 aromatic carbocycles. The van der Waals surface area contributed by atoms with Crippen LogP contribution in [0.25, 0.3) is 0 Å². The second kappa shape index (κ2) is 4.14. The van der Waals surface area contributed by atoms with E-state index in [0.717, 1.165) is 19.4 Å². The van der Waals surface area contributed by atoms with Gasteiger partial charge in [-0.2, -0.15) is 5.10 Å². The molecule has 1 aliphatic heterocycles. The van der Waals surface area contributed by atoms with Gasteiger partial charge in [0, 0.05) is 12.8 Å². The SMILES string of the molecule is c1ncn(C[C@@H]2COC3(CCCCC3)O2)n1. The maximum Gasteiger partial charge on any atom is 0.168 e. The van der Waals surface area contributed by atoms with Gasteiger partial charge in [0.15, 0.2) is 5.79 Å². The van der Waals surface area contributed by atoms with Crippen LogP contribution in [0.5, 0.6) is 0 Å². The monoisotopic (exact) mass is 223 g/mol. The van der Waals surface area contributed by atoms with Crippen LogP contribution in [0.4, 0.5) is 0 Å². The molecule has 2 aliphatic rings. The van der Waals surface area contributed by atoms with E-state index in [9.17, 15) is 0 Å². The summed E-state index contributed by atoms with van der Waals surface area (Å²) in [4.78, 5) is 3.92. The van der Waals surface area contributed by atoms with Crippen molar-refractivity contribution in [3.05, 3.63) is 12.7 Å². The lowest BCUT2D eigenvalue weighted by atomic mass is 9.94. The quantitative estimate of drug-likeness (QED) is 0.759. The molecule has 0 amide bonds. The summed E-state index contributed by atoms with van der Waals surface area (Å²) in [7, 11) is 0. The van der Waals surface area contributed by atoms with Gasteiger partial charge in [-0.15, -0.1) is 0 Å². The average Bonchev–Trinajstić information content (AvgIpc) is 2.92. The van der Waals surface area contributed by atoms with E-state index in [-0.39, 0.29) is 11.9 Å².